The zero-order valence-electron chi connectivity index (χ0n) is 13.8. The molecule has 0 aliphatic rings. The van der Waals surface area contributed by atoms with Crippen molar-refractivity contribution in [3.8, 4) is 12.1 Å². The Morgan fingerprint density at radius 3 is 1.23 bits per heavy atom. The highest BCUT2D eigenvalue weighted by molar-refractivity contribution is 5.03. The van der Waals surface area contributed by atoms with Gasteiger partial charge in [0.05, 0.1) is 32.0 Å². The predicted molar refractivity (Wildman–Crippen MR) is 81.9 cm³/mol. The first kappa shape index (κ1) is 22.7. The lowest BCUT2D eigenvalue weighted by Crippen LogP contribution is -2.32. The third kappa shape index (κ3) is 13.4. The lowest BCUT2D eigenvalue weighted by molar-refractivity contribution is 0.136. The Labute approximate surface area is 132 Å². The minimum absolute atomic E-state index is 0.0694. The van der Waals surface area contributed by atoms with E-state index < -0.39 is 11.1 Å². The van der Waals surface area contributed by atoms with Gasteiger partial charge in [-0.2, -0.15) is 20.8 Å². The number of nitrogens with zero attached hydrogens (tertiary/aromatic N) is 5. The first-order chi connectivity index (χ1) is 10.2. The smallest absolute Gasteiger partial charge is 0.162 e. The van der Waals surface area contributed by atoms with E-state index >= 15 is 0 Å². The second kappa shape index (κ2) is 12.0. The van der Waals surface area contributed by atoms with Crippen molar-refractivity contribution in [2.45, 2.75) is 38.8 Å². The normalized spacial score (nSPS) is 11.7. The summed E-state index contributed by atoms with van der Waals surface area (Å²) < 4.78 is 0. The SMILES string of the molecule is CC(C)(C#N)N=NC(C)(C)C#N.OCCN(CCO)CCO. The van der Waals surface area contributed by atoms with Crippen LogP contribution < -0.4 is 0 Å². The largest absolute Gasteiger partial charge is 0.395 e. The molecule has 3 N–H and O–H groups in total. The molecule has 0 fully saturated rings. The van der Waals surface area contributed by atoms with Gasteiger partial charge in [-0.15, -0.1) is 0 Å². The Morgan fingerprint density at radius 1 is 0.773 bits per heavy atom. The number of aliphatic hydroxyl groups is 3. The third-order valence-corrected chi connectivity index (χ3v) is 2.35. The van der Waals surface area contributed by atoms with Crippen molar-refractivity contribution in [1.29, 1.82) is 10.5 Å². The van der Waals surface area contributed by atoms with Gasteiger partial charge in [-0.1, -0.05) is 0 Å². The third-order valence-electron chi connectivity index (χ3n) is 2.35. The van der Waals surface area contributed by atoms with Gasteiger partial charge in [0, 0.05) is 19.6 Å². The predicted octanol–water partition coefficient (Wildman–Crippen LogP) is 0.308. The van der Waals surface area contributed by atoms with E-state index in [1.807, 2.05) is 12.1 Å². The molecule has 0 bridgehead atoms. The van der Waals surface area contributed by atoms with Crippen LogP contribution in [0, 0.1) is 22.7 Å². The van der Waals surface area contributed by atoms with Crippen LogP contribution in [0.5, 0.6) is 0 Å². The van der Waals surface area contributed by atoms with Crippen molar-refractivity contribution in [1.82, 2.24) is 4.90 Å². The fourth-order valence-corrected chi connectivity index (χ4v) is 1.05. The molecule has 0 saturated carbocycles. The molecule has 8 nitrogen and oxygen atoms in total. The van der Waals surface area contributed by atoms with E-state index in [2.05, 4.69) is 10.2 Å². The highest BCUT2D eigenvalue weighted by atomic mass is 16.3. The number of nitriles is 2. The Morgan fingerprint density at radius 2 is 1.05 bits per heavy atom. The first-order valence-corrected chi connectivity index (χ1v) is 6.99. The Kier molecular flexibility index (Phi) is 12.4. The maximum atomic E-state index is 8.58. The summed E-state index contributed by atoms with van der Waals surface area (Å²) in [6.07, 6.45) is 0. The molecule has 0 aliphatic heterocycles. The molecule has 0 saturated heterocycles. The molecule has 0 aromatic heterocycles. The van der Waals surface area contributed by atoms with Gasteiger partial charge in [0.1, 0.15) is 0 Å². The summed E-state index contributed by atoms with van der Waals surface area (Å²) in [5, 5.41) is 50.1. The summed E-state index contributed by atoms with van der Waals surface area (Å²) in [6, 6.07) is 3.94. The average molecular weight is 313 g/mol. The molecule has 0 aromatic rings. The van der Waals surface area contributed by atoms with Crippen molar-refractivity contribution in [2.75, 3.05) is 39.5 Å². The van der Waals surface area contributed by atoms with E-state index in [1.165, 1.54) is 0 Å². The van der Waals surface area contributed by atoms with Gasteiger partial charge in [0.2, 0.25) is 0 Å². The quantitative estimate of drug-likeness (QED) is 0.552. The molecule has 0 amide bonds. The zero-order valence-corrected chi connectivity index (χ0v) is 13.8. The van der Waals surface area contributed by atoms with Gasteiger partial charge in [-0.05, 0) is 27.7 Å². The van der Waals surface area contributed by atoms with Crippen LogP contribution in [0.3, 0.4) is 0 Å². The van der Waals surface area contributed by atoms with E-state index in [0.717, 1.165) is 0 Å². The van der Waals surface area contributed by atoms with Crippen molar-refractivity contribution < 1.29 is 15.3 Å². The number of azo groups is 1. The fourth-order valence-electron chi connectivity index (χ4n) is 1.05. The van der Waals surface area contributed by atoms with Gasteiger partial charge in [-0.25, -0.2) is 0 Å². The van der Waals surface area contributed by atoms with Crippen molar-refractivity contribution in [3.63, 3.8) is 0 Å². The van der Waals surface area contributed by atoms with Gasteiger partial charge >= 0.3 is 0 Å². The fraction of sp³-hybridized carbons (Fsp3) is 0.857. The van der Waals surface area contributed by atoms with Crippen molar-refractivity contribution >= 4 is 0 Å². The van der Waals surface area contributed by atoms with Gasteiger partial charge in [0.15, 0.2) is 11.1 Å². The second-order valence-electron chi connectivity index (χ2n) is 5.55. The lowest BCUT2D eigenvalue weighted by atomic mass is 10.1. The van der Waals surface area contributed by atoms with Crippen LogP contribution in [-0.4, -0.2) is 70.8 Å². The van der Waals surface area contributed by atoms with Gasteiger partial charge < -0.3 is 15.3 Å². The summed E-state index contributed by atoms with van der Waals surface area (Å²) in [5.41, 5.74) is -1.68. The molecular formula is C14H27N5O3. The molecule has 0 heterocycles. The summed E-state index contributed by atoms with van der Waals surface area (Å²) in [7, 11) is 0. The molecule has 0 rings (SSSR count). The highest BCUT2D eigenvalue weighted by Gasteiger charge is 2.19. The van der Waals surface area contributed by atoms with E-state index in [4.69, 9.17) is 25.8 Å². The number of hydrogen-bond acceptors (Lipinski definition) is 8. The molecule has 22 heavy (non-hydrogen) atoms. The summed E-state index contributed by atoms with van der Waals surface area (Å²) in [5.74, 6) is 0. The van der Waals surface area contributed by atoms with Crippen LogP contribution in [0.1, 0.15) is 27.7 Å². The van der Waals surface area contributed by atoms with Crippen LogP contribution in [0.2, 0.25) is 0 Å². The van der Waals surface area contributed by atoms with Crippen LogP contribution in [0.4, 0.5) is 0 Å². The molecule has 0 atom stereocenters. The van der Waals surface area contributed by atoms with Gasteiger partial charge in [-0.3, -0.25) is 4.90 Å². The van der Waals surface area contributed by atoms with Crippen LogP contribution in [0.15, 0.2) is 10.2 Å². The number of rotatable bonds is 8. The first-order valence-electron chi connectivity index (χ1n) is 6.99. The number of aliphatic hydroxyl groups excluding tert-OH is 3. The van der Waals surface area contributed by atoms with Crippen molar-refractivity contribution in [2.24, 2.45) is 10.2 Å². The zero-order chi connectivity index (χ0) is 17.6. The summed E-state index contributed by atoms with van der Waals surface area (Å²) >= 11 is 0. The Hall–Kier alpha value is -1.58. The molecular weight excluding hydrogens is 286 g/mol. The summed E-state index contributed by atoms with van der Waals surface area (Å²) in [6.45, 7) is 8.32. The molecule has 8 heteroatoms. The standard InChI is InChI=1S/C8H12N4.C6H15NO3/c1-7(2,5-9)11-12-8(3,4)6-10;8-4-1-7(2-5-9)3-6-10/h1-4H3;8-10H,1-6H2. The lowest BCUT2D eigenvalue weighted by Gasteiger charge is -2.17. The van der Waals surface area contributed by atoms with Crippen LogP contribution in [0.25, 0.3) is 0 Å². The monoisotopic (exact) mass is 313 g/mol. The molecule has 126 valence electrons. The van der Waals surface area contributed by atoms with E-state index in [9.17, 15) is 0 Å². The van der Waals surface area contributed by atoms with Gasteiger partial charge in [0.25, 0.3) is 0 Å². The molecule has 0 unspecified atom stereocenters. The molecule has 0 aromatic carbocycles. The Bertz CT molecular complexity index is 354. The second-order valence-corrected chi connectivity index (χ2v) is 5.55. The minimum Gasteiger partial charge on any atom is -0.395 e. The average Bonchev–Trinajstić information content (AvgIpc) is 2.47. The minimum atomic E-state index is -0.839. The molecule has 0 radical (unpaired) electrons. The van der Waals surface area contributed by atoms with Crippen LogP contribution in [-0.2, 0) is 0 Å². The number of hydrogen-bond donors (Lipinski definition) is 3. The highest BCUT2D eigenvalue weighted by Crippen LogP contribution is 2.13. The van der Waals surface area contributed by atoms with Crippen LogP contribution >= 0.6 is 0 Å². The van der Waals surface area contributed by atoms with E-state index in [1.54, 1.807) is 32.6 Å². The molecule has 0 spiro atoms. The maximum absolute atomic E-state index is 8.58. The topological polar surface area (TPSA) is 136 Å². The van der Waals surface area contributed by atoms with E-state index in [-0.39, 0.29) is 19.8 Å². The Balaban J connectivity index is 0. The van der Waals surface area contributed by atoms with E-state index in [0.29, 0.717) is 19.6 Å². The maximum Gasteiger partial charge on any atom is 0.162 e. The molecule has 0 aliphatic carbocycles. The van der Waals surface area contributed by atoms with Crippen molar-refractivity contribution in [3.05, 3.63) is 0 Å². The summed E-state index contributed by atoms with van der Waals surface area (Å²) in [4.78, 5) is 1.79.